The lowest BCUT2D eigenvalue weighted by Gasteiger charge is -2.00. The van der Waals surface area contributed by atoms with Crippen LogP contribution in [-0.4, -0.2) is 18.2 Å². The van der Waals surface area contributed by atoms with Gasteiger partial charge in [0.15, 0.2) is 5.58 Å². The molecule has 0 saturated carbocycles. The van der Waals surface area contributed by atoms with Crippen molar-refractivity contribution in [2.75, 3.05) is 7.11 Å². The third-order valence-corrected chi connectivity index (χ3v) is 2.86. The van der Waals surface area contributed by atoms with Crippen molar-refractivity contribution in [3.8, 4) is 17.2 Å². The molecule has 5 nitrogen and oxygen atoms in total. The molecule has 0 fully saturated rings. The molecule has 0 bridgehead atoms. The van der Waals surface area contributed by atoms with Crippen molar-refractivity contribution in [1.29, 1.82) is 0 Å². The van der Waals surface area contributed by atoms with E-state index < -0.39 is 0 Å². The molecule has 2 aromatic carbocycles. The zero-order valence-corrected chi connectivity index (χ0v) is 10.7. The van der Waals surface area contributed by atoms with Gasteiger partial charge in [-0.15, -0.1) is 0 Å². The quantitative estimate of drug-likeness (QED) is 0.537. The number of methoxy groups -OCH3 is 1. The molecule has 20 heavy (non-hydrogen) atoms. The summed E-state index contributed by atoms with van der Waals surface area (Å²) in [6.07, 6.45) is 1.50. The molecule has 5 heteroatoms. The van der Waals surface area contributed by atoms with Crippen LogP contribution in [0.15, 0.2) is 51.9 Å². The highest BCUT2D eigenvalue weighted by molar-refractivity contribution is 5.79. The first-order valence-corrected chi connectivity index (χ1v) is 5.93. The van der Waals surface area contributed by atoms with Crippen molar-refractivity contribution in [3.05, 3.63) is 42.5 Å². The van der Waals surface area contributed by atoms with Crippen LogP contribution in [0.25, 0.3) is 22.6 Å². The summed E-state index contributed by atoms with van der Waals surface area (Å²) in [7, 11) is 1.61. The van der Waals surface area contributed by atoms with Gasteiger partial charge in [0.25, 0.3) is 0 Å². The molecular weight excluding hydrogens is 256 g/mol. The summed E-state index contributed by atoms with van der Waals surface area (Å²) in [4.78, 5) is 18.2. The first-order valence-electron chi connectivity index (χ1n) is 5.93. The van der Waals surface area contributed by atoms with E-state index in [1.54, 1.807) is 25.3 Å². The van der Waals surface area contributed by atoms with E-state index in [4.69, 9.17) is 9.15 Å². The van der Waals surface area contributed by atoms with Crippen LogP contribution >= 0.6 is 0 Å². The number of hydrogen-bond donors (Lipinski definition) is 0. The van der Waals surface area contributed by atoms with Gasteiger partial charge in [-0.25, -0.2) is 9.78 Å². The van der Waals surface area contributed by atoms with E-state index in [-0.39, 0.29) is 0 Å². The Balaban J connectivity index is 2.09. The molecule has 0 atom stereocenters. The van der Waals surface area contributed by atoms with Crippen LogP contribution in [0.5, 0.6) is 5.75 Å². The molecule has 0 saturated heterocycles. The van der Waals surface area contributed by atoms with Crippen LogP contribution in [0.4, 0.5) is 5.69 Å². The van der Waals surface area contributed by atoms with Gasteiger partial charge in [0.05, 0.1) is 12.8 Å². The number of nitrogens with zero attached hydrogens (tertiary/aromatic N) is 2. The topological polar surface area (TPSA) is 64.7 Å². The SMILES string of the molecule is COc1cccc(-c2nc3ccc(N=C=O)cc3o2)c1. The molecule has 1 aromatic heterocycles. The highest BCUT2D eigenvalue weighted by atomic mass is 16.5. The van der Waals surface area contributed by atoms with Crippen molar-refractivity contribution in [3.63, 3.8) is 0 Å². The summed E-state index contributed by atoms with van der Waals surface area (Å²) in [5.41, 5.74) is 2.58. The van der Waals surface area contributed by atoms with Crippen molar-refractivity contribution in [2.24, 2.45) is 4.99 Å². The van der Waals surface area contributed by atoms with E-state index in [1.165, 1.54) is 6.08 Å². The minimum Gasteiger partial charge on any atom is -0.497 e. The number of rotatable bonds is 3. The minimum atomic E-state index is 0.487. The normalized spacial score (nSPS) is 10.2. The molecule has 0 radical (unpaired) electrons. The summed E-state index contributed by atoms with van der Waals surface area (Å²) in [6, 6.07) is 12.5. The van der Waals surface area contributed by atoms with Crippen LogP contribution in [0.1, 0.15) is 0 Å². The predicted octanol–water partition coefficient (Wildman–Crippen LogP) is 3.47. The number of benzene rings is 2. The maximum Gasteiger partial charge on any atom is 0.240 e. The fraction of sp³-hybridized carbons (Fsp3) is 0.0667. The van der Waals surface area contributed by atoms with Gasteiger partial charge in [-0.3, -0.25) is 0 Å². The summed E-state index contributed by atoms with van der Waals surface area (Å²) in [5, 5.41) is 0. The molecular formula is C15H10N2O3. The summed E-state index contributed by atoms with van der Waals surface area (Å²) in [6.45, 7) is 0. The second-order valence-corrected chi connectivity index (χ2v) is 4.11. The highest BCUT2D eigenvalue weighted by Gasteiger charge is 2.09. The molecule has 0 unspecified atom stereocenters. The smallest absolute Gasteiger partial charge is 0.240 e. The molecule has 0 aliphatic heterocycles. The summed E-state index contributed by atoms with van der Waals surface area (Å²) < 4.78 is 10.9. The lowest BCUT2D eigenvalue weighted by atomic mass is 10.2. The number of aliphatic imine (C=N–C) groups is 1. The fourth-order valence-electron chi connectivity index (χ4n) is 1.92. The van der Waals surface area contributed by atoms with E-state index in [0.717, 1.165) is 11.3 Å². The molecule has 0 aliphatic rings. The van der Waals surface area contributed by atoms with Gasteiger partial charge in [-0.05, 0) is 30.3 Å². The number of ether oxygens (including phenoxy) is 1. The van der Waals surface area contributed by atoms with Crippen LogP contribution < -0.4 is 4.74 Å². The zero-order chi connectivity index (χ0) is 13.9. The Morgan fingerprint density at radius 2 is 2.15 bits per heavy atom. The third kappa shape index (κ3) is 2.18. The Hall–Kier alpha value is -2.91. The van der Waals surface area contributed by atoms with E-state index >= 15 is 0 Å². The molecule has 0 spiro atoms. The summed E-state index contributed by atoms with van der Waals surface area (Å²) >= 11 is 0. The standard InChI is InChI=1S/C15H10N2O3/c1-19-12-4-2-3-10(7-12)15-17-13-6-5-11(16-9-18)8-14(13)20-15/h2-8H,1H3. The van der Waals surface area contributed by atoms with Gasteiger partial charge < -0.3 is 9.15 Å². The lowest BCUT2D eigenvalue weighted by Crippen LogP contribution is -1.83. The maximum atomic E-state index is 10.3. The van der Waals surface area contributed by atoms with E-state index in [9.17, 15) is 4.79 Å². The Bertz CT molecular complexity index is 817. The number of hydrogen-bond acceptors (Lipinski definition) is 5. The van der Waals surface area contributed by atoms with E-state index in [1.807, 2.05) is 24.3 Å². The Morgan fingerprint density at radius 3 is 2.95 bits per heavy atom. The number of oxazole rings is 1. The van der Waals surface area contributed by atoms with Crippen molar-refractivity contribution >= 4 is 22.9 Å². The van der Waals surface area contributed by atoms with Crippen molar-refractivity contribution in [2.45, 2.75) is 0 Å². The minimum absolute atomic E-state index is 0.487. The lowest BCUT2D eigenvalue weighted by molar-refractivity contribution is 0.415. The number of fused-ring (bicyclic) bond motifs is 1. The average molecular weight is 266 g/mol. The number of aromatic nitrogens is 1. The van der Waals surface area contributed by atoms with Crippen LogP contribution in [-0.2, 0) is 4.79 Å². The predicted molar refractivity (Wildman–Crippen MR) is 73.8 cm³/mol. The van der Waals surface area contributed by atoms with Gasteiger partial charge >= 0.3 is 0 Å². The largest absolute Gasteiger partial charge is 0.497 e. The van der Waals surface area contributed by atoms with Crippen LogP contribution in [0.2, 0.25) is 0 Å². The first kappa shape index (κ1) is 12.1. The Morgan fingerprint density at radius 1 is 1.25 bits per heavy atom. The van der Waals surface area contributed by atoms with Gasteiger partial charge in [0.2, 0.25) is 12.0 Å². The molecule has 98 valence electrons. The molecule has 0 aliphatic carbocycles. The van der Waals surface area contributed by atoms with Crippen LogP contribution in [0.3, 0.4) is 0 Å². The molecule has 3 aromatic rings. The second kappa shape index (κ2) is 4.99. The fourth-order valence-corrected chi connectivity index (χ4v) is 1.92. The summed E-state index contributed by atoms with van der Waals surface area (Å²) in [5.74, 6) is 1.22. The molecule has 1 heterocycles. The van der Waals surface area contributed by atoms with Crippen molar-refractivity contribution in [1.82, 2.24) is 4.98 Å². The highest BCUT2D eigenvalue weighted by Crippen LogP contribution is 2.28. The number of isocyanates is 1. The maximum absolute atomic E-state index is 10.3. The van der Waals surface area contributed by atoms with Crippen LogP contribution in [0, 0.1) is 0 Å². The third-order valence-electron chi connectivity index (χ3n) is 2.86. The Labute approximate surface area is 114 Å². The van der Waals surface area contributed by atoms with E-state index in [0.29, 0.717) is 22.7 Å². The van der Waals surface area contributed by atoms with Gasteiger partial charge in [0, 0.05) is 11.6 Å². The average Bonchev–Trinajstić information content (AvgIpc) is 2.91. The molecule has 3 rings (SSSR count). The Kier molecular flexibility index (Phi) is 3.03. The van der Waals surface area contributed by atoms with Gasteiger partial charge in [0.1, 0.15) is 11.3 Å². The second-order valence-electron chi connectivity index (χ2n) is 4.11. The van der Waals surface area contributed by atoms with Gasteiger partial charge in [-0.2, -0.15) is 4.99 Å². The van der Waals surface area contributed by atoms with E-state index in [2.05, 4.69) is 9.98 Å². The monoisotopic (exact) mass is 266 g/mol. The first-order chi connectivity index (χ1) is 9.80. The van der Waals surface area contributed by atoms with Crippen molar-refractivity contribution < 1.29 is 13.9 Å². The van der Waals surface area contributed by atoms with Gasteiger partial charge in [-0.1, -0.05) is 6.07 Å². The molecule has 0 amide bonds. The number of carbonyl (C=O) groups excluding carboxylic acids is 1. The zero-order valence-electron chi connectivity index (χ0n) is 10.7. The molecule has 0 N–H and O–H groups in total.